The second kappa shape index (κ2) is 4.88. The Kier molecular flexibility index (Phi) is 2.88. The molecule has 0 bridgehead atoms. The first-order chi connectivity index (χ1) is 10.3. The Balaban J connectivity index is 1.44. The third kappa shape index (κ3) is 2.49. The molecule has 1 aliphatic carbocycles. The van der Waals surface area contributed by atoms with Crippen LogP contribution in [-0.2, 0) is 6.54 Å². The number of rotatable bonds is 4. The highest BCUT2D eigenvalue weighted by molar-refractivity contribution is 7.18. The van der Waals surface area contributed by atoms with E-state index in [0.717, 1.165) is 28.1 Å². The third-order valence-corrected chi connectivity index (χ3v) is 4.25. The van der Waals surface area contributed by atoms with Gasteiger partial charge < -0.3 is 9.84 Å². The summed E-state index contributed by atoms with van der Waals surface area (Å²) in [6.07, 6.45) is 5.57. The van der Waals surface area contributed by atoms with Crippen molar-refractivity contribution in [2.45, 2.75) is 25.3 Å². The number of aromatic nitrogens is 4. The molecule has 3 heterocycles. The van der Waals surface area contributed by atoms with Gasteiger partial charge in [0.1, 0.15) is 5.01 Å². The lowest BCUT2D eigenvalue weighted by atomic mass is 10.4. The average molecular weight is 301 g/mol. The maximum atomic E-state index is 11.9. The van der Waals surface area contributed by atoms with E-state index in [-0.39, 0.29) is 11.8 Å². The molecule has 0 unspecified atom stereocenters. The summed E-state index contributed by atoms with van der Waals surface area (Å²) >= 11 is 1.52. The lowest BCUT2D eigenvalue weighted by Crippen LogP contribution is -2.23. The molecule has 0 aromatic carbocycles. The summed E-state index contributed by atoms with van der Waals surface area (Å²) in [4.78, 5) is 24.5. The van der Waals surface area contributed by atoms with Gasteiger partial charge in [-0.05, 0) is 18.9 Å². The Bertz CT molecular complexity index is 775. The molecule has 7 nitrogen and oxygen atoms in total. The SMILES string of the molecule is O=C(NCc1nc2cnccc2s1)c1nc(C2CC2)no1. The molecule has 1 saturated carbocycles. The number of thiazole rings is 1. The van der Waals surface area contributed by atoms with Gasteiger partial charge in [0.05, 0.1) is 23.0 Å². The Morgan fingerprint density at radius 1 is 1.43 bits per heavy atom. The van der Waals surface area contributed by atoms with Crippen LogP contribution in [0.4, 0.5) is 0 Å². The monoisotopic (exact) mass is 301 g/mol. The van der Waals surface area contributed by atoms with Gasteiger partial charge in [-0.2, -0.15) is 4.98 Å². The molecule has 0 radical (unpaired) electrons. The van der Waals surface area contributed by atoms with Gasteiger partial charge in [0.25, 0.3) is 0 Å². The van der Waals surface area contributed by atoms with E-state index in [1.54, 1.807) is 12.4 Å². The molecule has 8 heteroatoms. The standard InChI is InChI=1S/C13H11N5O2S/c19-12(13-17-11(18-20-13)7-1-2-7)15-6-10-16-8-5-14-4-3-9(8)21-10/h3-5,7H,1-2,6H2,(H,15,19). The first-order valence-corrected chi connectivity index (χ1v) is 7.42. The van der Waals surface area contributed by atoms with Crippen LogP contribution < -0.4 is 5.32 Å². The van der Waals surface area contributed by atoms with Crippen LogP contribution in [-0.4, -0.2) is 26.0 Å². The Hall–Kier alpha value is -2.35. The summed E-state index contributed by atoms with van der Waals surface area (Å²) < 4.78 is 6.02. The smallest absolute Gasteiger partial charge is 0.315 e. The molecule has 0 spiro atoms. The first kappa shape index (κ1) is 12.4. The van der Waals surface area contributed by atoms with E-state index in [1.807, 2.05) is 6.07 Å². The molecule has 0 saturated heterocycles. The molecule has 21 heavy (non-hydrogen) atoms. The molecule has 1 aliphatic rings. The van der Waals surface area contributed by atoms with Crippen molar-refractivity contribution in [3.63, 3.8) is 0 Å². The Labute approximate surface area is 123 Å². The number of pyridine rings is 1. The van der Waals surface area contributed by atoms with Gasteiger partial charge in [0.2, 0.25) is 0 Å². The topological polar surface area (TPSA) is 93.8 Å². The van der Waals surface area contributed by atoms with Crippen LogP contribution in [0.1, 0.15) is 40.3 Å². The number of carbonyl (C=O) groups is 1. The Morgan fingerprint density at radius 2 is 2.33 bits per heavy atom. The average Bonchev–Trinajstić information content (AvgIpc) is 3.09. The van der Waals surface area contributed by atoms with Crippen molar-refractivity contribution < 1.29 is 9.32 Å². The number of hydrogen-bond acceptors (Lipinski definition) is 7. The molecule has 1 fully saturated rings. The van der Waals surface area contributed by atoms with E-state index >= 15 is 0 Å². The minimum atomic E-state index is -0.369. The summed E-state index contributed by atoms with van der Waals surface area (Å²) in [6.45, 7) is 0.333. The van der Waals surface area contributed by atoms with Gasteiger partial charge in [-0.3, -0.25) is 9.78 Å². The minimum absolute atomic E-state index is 0.0136. The molecular weight excluding hydrogens is 290 g/mol. The molecular formula is C13H11N5O2S. The van der Waals surface area contributed by atoms with E-state index in [0.29, 0.717) is 18.3 Å². The zero-order chi connectivity index (χ0) is 14.2. The summed E-state index contributed by atoms with van der Waals surface area (Å²) in [5.41, 5.74) is 0.834. The lowest BCUT2D eigenvalue weighted by Gasteiger charge is -1.97. The van der Waals surface area contributed by atoms with Gasteiger partial charge in [-0.25, -0.2) is 4.98 Å². The first-order valence-electron chi connectivity index (χ1n) is 6.61. The lowest BCUT2D eigenvalue weighted by molar-refractivity contribution is 0.0907. The number of amides is 1. The van der Waals surface area contributed by atoms with Crippen LogP contribution in [0, 0.1) is 0 Å². The number of carbonyl (C=O) groups excluding carboxylic acids is 1. The fraction of sp³-hybridized carbons (Fsp3) is 0.308. The number of hydrogen-bond donors (Lipinski definition) is 1. The van der Waals surface area contributed by atoms with Crippen LogP contribution >= 0.6 is 11.3 Å². The largest absolute Gasteiger partial charge is 0.341 e. The number of nitrogens with one attached hydrogen (secondary N) is 1. The molecule has 3 aromatic rings. The van der Waals surface area contributed by atoms with Crippen LogP contribution in [0.3, 0.4) is 0 Å². The maximum absolute atomic E-state index is 11.9. The van der Waals surface area contributed by atoms with E-state index in [1.165, 1.54) is 11.3 Å². The summed E-state index contributed by atoms with van der Waals surface area (Å²) in [7, 11) is 0. The van der Waals surface area contributed by atoms with Gasteiger partial charge >= 0.3 is 11.8 Å². The van der Waals surface area contributed by atoms with Crippen LogP contribution in [0.15, 0.2) is 23.0 Å². The number of fused-ring (bicyclic) bond motifs is 1. The van der Waals surface area contributed by atoms with E-state index in [9.17, 15) is 4.79 Å². The van der Waals surface area contributed by atoms with Crippen molar-refractivity contribution in [2.75, 3.05) is 0 Å². The zero-order valence-corrected chi connectivity index (χ0v) is 11.8. The van der Waals surface area contributed by atoms with E-state index in [2.05, 4.69) is 25.4 Å². The van der Waals surface area contributed by atoms with Crippen molar-refractivity contribution in [3.8, 4) is 0 Å². The van der Waals surface area contributed by atoms with Gasteiger partial charge in [0.15, 0.2) is 5.82 Å². The van der Waals surface area contributed by atoms with Gasteiger partial charge in [0, 0.05) is 12.1 Å². The van der Waals surface area contributed by atoms with Crippen LogP contribution in [0.25, 0.3) is 10.2 Å². The fourth-order valence-corrected chi connectivity index (χ4v) is 2.84. The Morgan fingerprint density at radius 3 is 3.14 bits per heavy atom. The normalized spacial score (nSPS) is 14.5. The van der Waals surface area contributed by atoms with Gasteiger partial charge in [-0.15, -0.1) is 11.3 Å². The summed E-state index contributed by atoms with van der Waals surface area (Å²) in [5.74, 6) is 0.643. The second-order valence-electron chi connectivity index (χ2n) is 4.87. The van der Waals surface area contributed by atoms with Crippen LogP contribution in [0.5, 0.6) is 0 Å². The molecule has 106 valence electrons. The third-order valence-electron chi connectivity index (χ3n) is 3.21. The zero-order valence-electron chi connectivity index (χ0n) is 10.9. The number of nitrogens with zero attached hydrogens (tertiary/aromatic N) is 4. The van der Waals surface area contributed by atoms with Crippen molar-refractivity contribution in [1.82, 2.24) is 25.4 Å². The van der Waals surface area contributed by atoms with Gasteiger partial charge in [-0.1, -0.05) is 5.16 Å². The summed E-state index contributed by atoms with van der Waals surface area (Å²) in [6, 6.07) is 1.90. The predicted molar refractivity (Wildman–Crippen MR) is 74.9 cm³/mol. The van der Waals surface area contributed by atoms with Crippen molar-refractivity contribution >= 4 is 27.5 Å². The highest BCUT2D eigenvalue weighted by Gasteiger charge is 2.29. The van der Waals surface area contributed by atoms with E-state index < -0.39 is 0 Å². The van der Waals surface area contributed by atoms with Crippen molar-refractivity contribution in [2.24, 2.45) is 0 Å². The highest BCUT2D eigenvalue weighted by atomic mass is 32.1. The van der Waals surface area contributed by atoms with Crippen molar-refractivity contribution in [1.29, 1.82) is 0 Å². The molecule has 0 atom stereocenters. The summed E-state index contributed by atoms with van der Waals surface area (Å²) in [5, 5.41) is 7.38. The molecule has 3 aromatic heterocycles. The second-order valence-corrected chi connectivity index (χ2v) is 5.98. The van der Waals surface area contributed by atoms with Crippen molar-refractivity contribution in [3.05, 3.63) is 35.2 Å². The van der Waals surface area contributed by atoms with E-state index in [4.69, 9.17) is 4.52 Å². The maximum Gasteiger partial charge on any atom is 0.315 e. The quantitative estimate of drug-likeness (QED) is 0.790. The molecule has 1 N–H and O–H groups in total. The van der Waals surface area contributed by atoms with Crippen LogP contribution in [0.2, 0.25) is 0 Å². The molecule has 1 amide bonds. The highest BCUT2D eigenvalue weighted by Crippen LogP contribution is 2.38. The molecule has 4 rings (SSSR count). The minimum Gasteiger partial charge on any atom is -0.341 e. The predicted octanol–water partition coefficient (Wildman–Crippen LogP) is 1.88. The molecule has 0 aliphatic heterocycles. The fourth-order valence-electron chi connectivity index (χ4n) is 1.97.